The van der Waals surface area contributed by atoms with Gasteiger partial charge in [0.2, 0.25) is 0 Å². The number of aliphatic hydroxyl groups excluding tert-OH is 1. The summed E-state index contributed by atoms with van der Waals surface area (Å²) in [5, 5.41) is 9.41. The summed E-state index contributed by atoms with van der Waals surface area (Å²) in [6.07, 6.45) is 7.38. The van der Waals surface area contributed by atoms with Crippen molar-refractivity contribution in [2.75, 3.05) is 0 Å². The van der Waals surface area contributed by atoms with Crippen molar-refractivity contribution in [1.29, 1.82) is 0 Å². The zero-order valence-corrected chi connectivity index (χ0v) is 8.68. The number of terminal acetylenes is 1. The molecule has 4 heteroatoms. The van der Waals surface area contributed by atoms with Crippen LogP contribution < -0.4 is 0 Å². The first kappa shape index (κ1) is 13.3. The molecule has 0 aliphatic carbocycles. The van der Waals surface area contributed by atoms with Crippen LogP contribution in [0.2, 0.25) is 0 Å². The molecule has 0 fully saturated rings. The largest absolute Gasteiger partial charge is 0.507 e. The molecule has 0 aliphatic heterocycles. The van der Waals surface area contributed by atoms with Crippen LogP contribution in [0.5, 0.6) is 0 Å². The number of benzene rings is 1. The van der Waals surface area contributed by atoms with E-state index in [1.54, 1.807) is 36.4 Å². The molecule has 0 aromatic heterocycles. The number of carbonyl (C=O) groups excluding carboxylic acids is 1. The predicted octanol–water partition coefficient (Wildman–Crippen LogP) is 1.72. The molecule has 0 saturated carbocycles. The van der Waals surface area contributed by atoms with Crippen LogP contribution in [-0.2, 0) is 26.3 Å². The van der Waals surface area contributed by atoms with Crippen molar-refractivity contribution in [3.63, 3.8) is 0 Å². The van der Waals surface area contributed by atoms with Gasteiger partial charge >= 0.3 is 5.97 Å². The van der Waals surface area contributed by atoms with Gasteiger partial charge in [-0.25, -0.2) is 4.79 Å². The molecule has 3 nitrogen and oxygen atoms in total. The van der Waals surface area contributed by atoms with Gasteiger partial charge in [-0.15, -0.1) is 0 Å². The minimum atomic E-state index is -0.770. The molecular formula is C11H8CoO3. The molecule has 0 unspecified atom stereocenters. The first-order valence-corrected chi connectivity index (χ1v) is 3.86. The molecule has 0 bridgehead atoms. The van der Waals surface area contributed by atoms with Gasteiger partial charge in [0.15, 0.2) is 0 Å². The quantitative estimate of drug-likeness (QED) is 0.374. The third kappa shape index (κ3) is 4.36. The SMILES string of the molecule is C#COC(=O)/C=C(\O)c1ccccc1.[Co]. The van der Waals surface area contributed by atoms with Gasteiger partial charge in [0, 0.05) is 22.3 Å². The minimum absolute atomic E-state index is 0. The molecular weight excluding hydrogens is 239 g/mol. The minimum Gasteiger partial charge on any atom is -0.507 e. The molecule has 0 aliphatic rings. The summed E-state index contributed by atoms with van der Waals surface area (Å²) in [6, 6.07) is 8.61. The van der Waals surface area contributed by atoms with Crippen LogP contribution in [0.15, 0.2) is 36.4 Å². The van der Waals surface area contributed by atoms with Gasteiger partial charge in [-0.3, -0.25) is 0 Å². The Morgan fingerprint density at radius 2 is 2.00 bits per heavy atom. The van der Waals surface area contributed by atoms with Crippen molar-refractivity contribution >= 4 is 11.7 Å². The van der Waals surface area contributed by atoms with Gasteiger partial charge in [-0.1, -0.05) is 36.8 Å². The smallest absolute Gasteiger partial charge is 0.348 e. The van der Waals surface area contributed by atoms with Crippen molar-refractivity contribution in [3.05, 3.63) is 42.0 Å². The molecule has 79 valence electrons. The van der Waals surface area contributed by atoms with E-state index in [9.17, 15) is 9.90 Å². The van der Waals surface area contributed by atoms with Gasteiger partial charge in [0.1, 0.15) is 11.9 Å². The second-order valence-electron chi connectivity index (χ2n) is 2.43. The number of hydrogen-bond acceptors (Lipinski definition) is 3. The van der Waals surface area contributed by atoms with Crippen molar-refractivity contribution < 1.29 is 31.4 Å². The van der Waals surface area contributed by atoms with E-state index in [4.69, 9.17) is 6.42 Å². The van der Waals surface area contributed by atoms with Crippen LogP contribution >= 0.6 is 0 Å². The van der Waals surface area contributed by atoms with E-state index in [1.165, 1.54) is 0 Å². The Kier molecular flexibility index (Phi) is 5.94. The average molecular weight is 247 g/mol. The van der Waals surface area contributed by atoms with Crippen molar-refractivity contribution in [2.45, 2.75) is 0 Å². The second-order valence-corrected chi connectivity index (χ2v) is 2.43. The standard InChI is InChI=1S/C11H8O3.Co/c1-2-14-11(13)8-10(12)9-6-4-3-5-7-9;/h1,3-8,12H;/b10-8-;. The Morgan fingerprint density at radius 1 is 1.40 bits per heavy atom. The van der Waals surface area contributed by atoms with Crippen molar-refractivity contribution in [2.24, 2.45) is 0 Å². The monoisotopic (exact) mass is 247 g/mol. The van der Waals surface area contributed by atoms with E-state index < -0.39 is 5.97 Å². The van der Waals surface area contributed by atoms with E-state index in [2.05, 4.69) is 4.74 Å². The molecule has 1 rings (SSSR count). The average Bonchev–Trinajstić information content (AvgIpc) is 2.19. The molecule has 0 saturated heterocycles. The number of carbonyl (C=O) groups is 1. The van der Waals surface area contributed by atoms with Gasteiger partial charge < -0.3 is 9.84 Å². The Balaban J connectivity index is 0.00000196. The number of ether oxygens (including phenoxy) is 1. The molecule has 0 spiro atoms. The number of rotatable bonds is 2. The van der Waals surface area contributed by atoms with Gasteiger partial charge in [0.05, 0.1) is 6.08 Å². The van der Waals surface area contributed by atoms with E-state index in [1.807, 2.05) is 0 Å². The number of esters is 1. The maximum atomic E-state index is 10.8. The Bertz CT molecular complexity index is 390. The fourth-order valence-corrected chi connectivity index (χ4v) is 0.891. The van der Waals surface area contributed by atoms with Gasteiger partial charge in [-0.2, -0.15) is 0 Å². The van der Waals surface area contributed by atoms with E-state index in [0.29, 0.717) is 5.56 Å². The normalized spacial score (nSPS) is 9.67. The second kappa shape index (κ2) is 6.71. The maximum Gasteiger partial charge on any atom is 0.348 e. The molecule has 0 heterocycles. The van der Waals surface area contributed by atoms with Crippen LogP contribution in [0.4, 0.5) is 0 Å². The summed E-state index contributed by atoms with van der Waals surface area (Å²) in [5.74, 6) is -0.945. The van der Waals surface area contributed by atoms with E-state index in [0.717, 1.165) is 6.08 Å². The summed E-state index contributed by atoms with van der Waals surface area (Å²) in [4.78, 5) is 10.8. The third-order valence-corrected chi connectivity index (χ3v) is 1.48. The molecule has 0 atom stereocenters. The van der Waals surface area contributed by atoms with Crippen LogP contribution in [-0.4, -0.2) is 11.1 Å². The summed E-state index contributed by atoms with van der Waals surface area (Å²) >= 11 is 0. The van der Waals surface area contributed by atoms with E-state index in [-0.39, 0.29) is 22.5 Å². The summed E-state index contributed by atoms with van der Waals surface area (Å²) in [5.41, 5.74) is 0.529. The first-order valence-electron chi connectivity index (χ1n) is 3.86. The molecule has 1 N–H and O–H groups in total. The predicted molar refractivity (Wildman–Crippen MR) is 52.0 cm³/mol. The first-order chi connectivity index (χ1) is 6.74. The maximum absolute atomic E-state index is 10.8. The van der Waals surface area contributed by atoms with E-state index >= 15 is 0 Å². The van der Waals surface area contributed by atoms with Gasteiger partial charge in [-0.05, 0) is 0 Å². The fraction of sp³-hybridized carbons (Fsp3) is 0. The van der Waals surface area contributed by atoms with Crippen molar-refractivity contribution in [3.8, 4) is 12.5 Å². The van der Waals surface area contributed by atoms with Crippen LogP contribution in [0.25, 0.3) is 5.76 Å². The molecule has 15 heavy (non-hydrogen) atoms. The number of hydrogen-bond donors (Lipinski definition) is 1. The molecule has 1 aromatic rings. The summed E-state index contributed by atoms with van der Waals surface area (Å²) in [6.45, 7) is 0. The number of aliphatic hydroxyl groups is 1. The van der Waals surface area contributed by atoms with Crippen LogP contribution in [0.3, 0.4) is 0 Å². The molecule has 0 amide bonds. The van der Waals surface area contributed by atoms with Crippen LogP contribution in [0, 0.1) is 12.5 Å². The Labute approximate surface area is 98.0 Å². The Morgan fingerprint density at radius 3 is 2.53 bits per heavy atom. The van der Waals surface area contributed by atoms with Crippen molar-refractivity contribution in [1.82, 2.24) is 0 Å². The summed E-state index contributed by atoms with van der Waals surface area (Å²) < 4.78 is 4.19. The third-order valence-electron chi connectivity index (χ3n) is 1.48. The molecule has 1 radical (unpaired) electrons. The Hall–Kier alpha value is -1.70. The fourth-order valence-electron chi connectivity index (χ4n) is 0.891. The zero-order valence-electron chi connectivity index (χ0n) is 7.64. The van der Waals surface area contributed by atoms with Gasteiger partial charge in [0.25, 0.3) is 0 Å². The molecule has 1 aromatic carbocycles. The zero-order chi connectivity index (χ0) is 10.4. The topological polar surface area (TPSA) is 46.5 Å². The summed E-state index contributed by atoms with van der Waals surface area (Å²) in [7, 11) is 0. The van der Waals surface area contributed by atoms with Crippen LogP contribution in [0.1, 0.15) is 5.56 Å².